The topological polar surface area (TPSA) is 20.3 Å². The van der Waals surface area contributed by atoms with Gasteiger partial charge < -0.3 is 4.81 Å². The summed E-state index contributed by atoms with van der Waals surface area (Å²) < 4.78 is 0. The number of Topliss-reactive ketones (excluding diaryl/α,β-unsaturated/α-hetero) is 1. The molecule has 0 aliphatic carbocycles. The van der Waals surface area contributed by atoms with Gasteiger partial charge in [-0.1, -0.05) is 35.3 Å². The fraction of sp³-hybridized carbons (Fsp3) is 0.118. The molecule has 0 fully saturated rings. The van der Waals surface area contributed by atoms with Gasteiger partial charge in [-0.15, -0.1) is 0 Å². The van der Waals surface area contributed by atoms with Crippen LogP contribution in [0.25, 0.3) is 0 Å². The Morgan fingerprint density at radius 1 is 1.00 bits per heavy atom. The van der Waals surface area contributed by atoms with Crippen molar-refractivity contribution in [2.24, 2.45) is 0 Å². The maximum absolute atomic E-state index is 12.8. The van der Waals surface area contributed by atoms with E-state index in [9.17, 15) is 4.79 Å². The molecule has 20 heavy (non-hydrogen) atoms. The van der Waals surface area contributed by atoms with E-state index in [2.05, 4.69) is 16.9 Å². The van der Waals surface area contributed by atoms with Crippen LogP contribution < -0.4 is 0 Å². The van der Waals surface area contributed by atoms with Crippen molar-refractivity contribution in [3.05, 3.63) is 83.0 Å². The summed E-state index contributed by atoms with van der Waals surface area (Å²) in [7, 11) is 0. The number of aryl methyl sites for hydroxylation is 2. The number of fused-ring (bicyclic) bond motifs is 1. The number of benzene rings is 1. The standard InChI is InChI=1S/C17H16BNO/c1-13-10-14(2)12-15(11-13)17(20)16-6-5-9-19-8-4-3-7-18(16)19/h3-12H,1-2H3. The van der Waals surface area contributed by atoms with E-state index in [-0.39, 0.29) is 12.6 Å². The number of carbonyl (C=O) groups is 1. The number of ketones is 1. The first-order chi connectivity index (χ1) is 9.65. The number of rotatable bonds is 2. The molecule has 1 aromatic rings. The average molecular weight is 261 g/mol. The van der Waals surface area contributed by atoms with Gasteiger partial charge in [0, 0.05) is 5.56 Å². The summed E-state index contributed by atoms with van der Waals surface area (Å²) in [5, 5.41) is 0. The first-order valence-electron chi connectivity index (χ1n) is 6.79. The van der Waals surface area contributed by atoms with Gasteiger partial charge in [-0.3, -0.25) is 4.79 Å². The zero-order valence-electron chi connectivity index (χ0n) is 11.7. The van der Waals surface area contributed by atoms with E-state index in [0.29, 0.717) is 0 Å². The van der Waals surface area contributed by atoms with Crippen LogP contribution in [-0.4, -0.2) is 17.4 Å². The minimum Gasteiger partial charge on any atom is -0.389 e. The van der Waals surface area contributed by atoms with Gasteiger partial charge >= 0.3 is 6.85 Å². The predicted octanol–water partition coefficient (Wildman–Crippen LogP) is 3.40. The highest BCUT2D eigenvalue weighted by Crippen LogP contribution is 2.22. The third-order valence-corrected chi connectivity index (χ3v) is 3.58. The summed E-state index contributed by atoms with van der Waals surface area (Å²) in [6.45, 7) is 4.06. The SMILES string of the molecule is Cc1cc(C)cc(C(=O)C2=CC=CN3C=CC=CB23)c1. The van der Waals surface area contributed by atoms with Gasteiger partial charge in [-0.25, -0.2) is 0 Å². The number of nitrogens with zero attached hydrogens (tertiary/aromatic N) is 1. The van der Waals surface area contributed by atoms with Gasteiger partial charge in [0.15, 0.2) is 5.78 Å². The fourth-order valence-electron chi connectivity index (χ4n) is 2.74. The molecule has 3 heteroatoms. The second-order valence-corrected chi connectivity index (χ2v) is 5.29. The first kappa shape index (κ1) is 12.7. The summed E-state index contributed by atoms with van der Waals surface area (Å²) in [5.41, 5.74) is 3.83. The van der Waals surface area contributed by atoms with Crippen molar-refractivity contribution < 1.29 is 4.79 Å². The van der Waals surface area contributed by atoms with Crippen molar-refractivity contribution in [1.29, 1.82) is 0 Å². The van der Waals surface area contributed by atoms with Crippen LogP contribution in [0.2, 0.25) is 0 Å². The highest BCUT2D eigenvalue weighted by Gasteiger charge is 2.30. The largest absolute Gasteiger partial charge is 0.389 e. The van der Waals surface area contributed by atoms with Crippen LogP contribution >= 0.6 is 0 Å². The molecule has 0 atom stereocenters. The Labute approximate surface area is 119 Å². The van der Waals surface area contributed by atoms with E-state index in [4.69, 9.17) is 0 Å². The molecular weight excluding hydrogens is 245 g/mol. The van der Waals surface area contributed by atoms with Crippen LogP contribution in [0.15, 0.2) is 66.4 Å². The maximum atomic E-state index is 12.8. The molecule has 2 heterocycles. The van der Waals surface area contributed by atoms with Crippen LogP contribution in [-0.2, 0) is 0 Å². The lowest BCUT2D eigenvalue weighted by molar-refractivity contribution is 0.104. The number of hydrogen-bond donors (Lipinski definition) is 0. The van der Waals surface area contributed by atoms with Crippen molar-refractivity contribution in [1.82, 2.24) is 4.81 Å². The van der Waals surface area contributed by atoms with E-state index >= 15 is 0 Å². The second-order valence-electron chi connectivity index (χ2n) is 5.29. The molecule has 0 saturated carbocycles. The van der Waals surface area contributed by atoms with E-state index < -0.39 is 0 Å². The predicted molar refractivity (Wildman–Crippen MR) is 83.3 cm³/mol. The van der Waals surface area contributed by atoms with Crippen molar-refractivity contribution >= 4 is 12.6 Å². The Morgan fingerprint density at radius 2 is 1.70 bits per heavy atom. The molecule has 2 aliphatic rings. The molecule has 0 unspecified atom stereocenters. The molecular formula is C17H16BNO. The third-order valence-electron chi connectivity index (χ3n) is 3.58. The molecule has 0 amide bonds. The average Bonchev–Trinajstić information content (AvgIpc) is 2.45. The normalized spacial score (nSPS) is 16.2. The second kappa shape index (κ2) is 5.01. The highest BCUT2D eigenvalue weighted by atomic mass is 16.1. The van der Waals surface area contributed by atoms with Crippen LogP contribution in [0.5, 0.6) is 0 Å². The molecule has 2 aliphatic heterocycles. The number of allylic oxidation sites excluding steroid dienone is 5. The lowest BCUT2D eigenvalue weighted by Gasteiger charge is -2.28. The van der Waals surface area contributed by atoms with Crippen molar-refractivity contribution in [2.75, 3.05) is 0 Å². The molecule has 0 bridgehead atoms. The summed E-state index contributed by atoms with van der Waals surface area (Å²) in [6.07, 6.45) is 11.8. The molecule has 0 spiro atoms. The van der Waals surface area contributed by atoms with Gasteiger partial charge in [-0.2, -0.15) is 0 Å². The zero-order valence-corrected chi connectivity index (χ0v) is 11.7. The fourth-order valence-corrected chi connectivity index (χ4v) is 2.74. The molecule has 0 N–H and O–H groups in total. The molecule has 3 rings (SSSR count). The van der Waals surface area contributed by atoms with Crippen LogP contribution in [0.1, 0.15) is 21.5 Å². The van der Waals surface area contributed by atoms with Crippen LogP contribution in [0.3, 0.4) is 0 Å². The van der Waals surface area contributed by atoms with E-state index in [1.165, 1.54) is 0 Å². The lowest BCUT2D eigenvalue weighted by atomic mass is 9.50. The van der Waals surface area contributed by atoms with Crippen molar-refractivity contribution in [3.63, 3.8) is 0 Å². The third kappa shape index (κ3) is 2.27. The minimum absolute atomic E-state index is 0.0123. The monoisotopic (exact) mass is 261 g/mol. The molecule has 2 nitrogen and oxygen atoms in total. The Bertz CT molecular complexity index is 662. The van der Waals surface area contributed by atoms with Crippen molar-refractivity contribution in [3.8, 4) is 0 Å². The Hall–Kier alpha value is -2.29. The molecule has 1 aromatic carbocycles. The number of hydrogen-bond acceptors (Lipinski definition) is 2. The maximum Gasteiger partial charge on any atom is 0.323 e. The zero-order chi connectivity index (χ0) is 14.1. The molecule has 98 valence electrons. The Morgan fingerprint density at radius 3 is 2.45 bits per heavy atom. The van der Waals surface area contributed by atoms with Crippen LogP contribution in [0, 0.1) is 13.8 Å². The summed E-state index contributed by atoms with van der Waals surface area (Å²) in [5.74, 6) is 2.16. The van der Waals surface area contributed by atoms with Gasteiger partial charge in [0.2, 0.25) is 0 Å². The van der Waals surface area contributed by atoms with Gasteiger partial charge in [-0.05, 0) is 56.0 Å². The van der Waals surface area contributed by atoms with Crippen LogP contribution in [0.4, 0.5) is 0 Å². The summed E-state index contributed by atoms with van der Waals surface area (Å²) in [6, 6.07) is 6.00. The quantitative estimate of drug-likeness (QED) is 0.600. The minimum atomic E-state index is 0.0123. The van der Waals surface area contributed by atoms with E-state index in [0.717, 1.165) is 22.2 Å². The highest BCUT2D eigenvalue weighted by molar-refractivity contribution is 6.76. The summed E-state index contributed by atoms with van der Waals surface area (Å²) in [4.78, 5) is 14.8. The molecule has 0 saturated heterocycles. The van der Waals surface area contributed by atoms with E-state index in [1.807, 2.05) is 62.7 Å². The smallest absolute Gasteiger partial charge is 0.323 e. The van der Waals surface area contributed by atoms with Crippen molar-refractivity contribution in [2.45, 2.75) is 13.8 Å². The molecule has 0 aromatic heterocycles. The summed E-state index contributed by atoms with van der Waals surface area (Å²) >= 11 is 0. The van der Waals surface area contributed by atoms with Gasteiger partial charge in [0.05, 0.1) is 0 Å². The van der Waals surface area contributed by atoms with Gasteiger partial charge in [0.1, 0.15) is 0 Å². The van der Waals surface area contributed by atoms with Gasteiger partial charge in [0.25, 0.3) is 0 Å². The Balaban J connectivity index is 1.97. The molecule has 0 radical (unpaired) electrons. The number of carbonyl (C=O) groups excluding carboxylic acids is 1. The lowest BCUT2D eigenvalue weighted by Crippen LogP contribution is -2.37. The Kier molecular flexibility index (Phi) is 3.19. The van der Waals surface area contributed by atoms with E-state index in [1.54, 1.807) is 0 Å². The first-order valence-corrected chi connectivity index (χ1v) is 6.79.